The van der Waals surface area contributed by atoms with Crippen LogP contribution in [0.1, 0.15) is 45.6 Å². The quantitative estimate of drug-likeness (QED) is 0.272. The maximum atomic E-state index is 13.0. The Labute approximate surface area is 222 Å². The highest BCUT2D eigenvalue weighted by Crippen LogP contribution is 2.21. The molecule has 0 aliphatic carbocycles. The number of hydrogen-bond donors (Lipinski definition) is 3. The number of guanidine groups is 1. The first-order chi connectivity index (χ1) is 18.2. The van der Waals surface area contributed by atoms with Gasteiger partial charge in [-0.2, -0.15) is 4.98 Å². The summed E-state index contributed by atoms with van der Waals surface area (Å²) in [5.74, 6) is 0.755. The molecule has 0 saturated carbocycles. The maximum Gasteiger partial charge on any atom is 0.329 e. The third-order valence-electron chi connectivity index (χ3n) is 5.62. The van der Waals surface area contributed by atoms with Crippen LogP contribution in [0.2, 0.25) is 0 Å². The van der Waals surface area contributed by atoms with Gasteiger partial charge in [0.05, 0.1) is 6.61 Å². The summed E-state index contributed by atoms with van der Waals surface area (Å²) in [6.07, 6.45) is 2.27. The van der Waals surface area contributed by atoms with Crippen LogP contribution in [0.4, 0.5) is 6.01 Å². The van der Waals surface area contributed by atoms with E-state index in [0.29, 0.717) is 48.7 Å². The number of aliphatic imine (C=N–C) groups is 1. The minimum absolute atomic E-state index is 0.0864. The molecule has 10 heteroatoms. The molecule has 10 nitrogen and oxygen atoms in total. The molecule has 1 aliphatic rings. The molecule has 2 aromatic carbocycles. The first kappa shape index (κ1) is 27.0. The molecule has 0 fully saturated rings. The van der Waals surface area contributed by atoms with Crippen molar-refractivity contribution in [2.24, 2.45) is 4.99 Å². The average molecular weight is 522 g/mol. The molecule has 2 heterocycles. The van der Waals surface area contributed by atoms with Gasteiger partial charge in [-0.25, -0.2) is 4.79 Å². The topological polar surface area (TPSA) is 127 Å². The van der Waals surface area contributed by atoms with Gasteiger partial charge in [0.1, 0.15) is 22.9 Å². The first-order valence-electron chi connectivity index (χ1n) is 12.9. The predicted octanol–water partition coefficient (Wildman–Crippen LogP) is 3.82. The number of hydrogen-bond acceptors (Lipinski definition) is 9. The standard InChI is InChI=1S/C28H35N5O5/c1-28(2,3)38-25(35)22(32-27-31-21-8-4-5-9-23(21)37-27)18-19-11-13-20(14-12-19)36-17-6-10-24(34)33-26-29-15-7-16-30-26/h4-5,8-9,11-14,22H,6-7,10,15-18H2,1-3H3,(H,31,32)(H2,29,30,33,34). The first-order valence-corrected chi connectivity index (χ1v) is 12.9. The molecule has 4 rings (SSSR count). The molecule has 1 unspecified atom stereocenters. The lowest BCUT2D eigenvalue weighted by Gasteiger charge is -2.24. The van der Waals surface area contributed by atoms with Gasteiger partial charge in [-0.05, 0) is 63.4 Å². The number of amides is 1. The Hall–Kier alpha value is -4.08. The van der Waals surface area contributed by atoms with Crippen LogP contribution in [0.25, 0.3) is 11.1 Å². The molecular weight excluding hydrogens is 486 g/mol. The number of benzene rings is 2. The molecule has 3 aromatic rings. The van der Waals surface area contributed by atoms with Crippen molar-refractivity contribution in [1.82, 2.24) is 15.6 Å². The van der Waals surface area contributed by atoms with Gasteiger partial charge < -0.3 is 24.5 Å². The minimum atomic E-state index is -0.698. The summed E-state index contributed by atoms with van der Waals surface area (Å²) in [6.45, 7) is 7.46. The molecule has 3 N–H and O–H groups in total. The number of aromatic nitrogens is 1. The number of anilines is 1. The lowest BCUT2D eigenvalue weighted by molar-refractivity contribution is -0.155. The number of carbonyl (C=O) groups is 2. The fraction of sp³-hybridized carbons (Fsp3) is 0.429. The van der Waals surface area contributed by atoms with E-state index in [2.05, 4.69) is 25.9 Å². The van der Waals surface area contributed by atoms with Crippen molar-refractivity contribution in [3.63, 3.8) is 0 Å². The van der Waals surface area contributed by atoms with E-state index in [1.165, 1.54) is 0 Å². The predicted molar refractivity (Wildman–Crippen MR) is 145 cm³/mol. The number of ether oxygens (including phenoxy) is 2. The van der Waals surface area contributed by atoms with Crippen LogP contribution in [-0.4, -0.2) is 54.2 Å². The number of oxazole rings is 1. The molecule has 1 amide bonds. The normalized spacial score (nSPS) is 14.2. The van der Waals surface area contributed by atoms with Crippen LogP contribution < -0.4 is 20.7 Å². The molecule has 0 radical (unpaired) electrons. The Morgan fingerprint density at radius 3 is 2.63 bits per heavy atom. The number of carbonyl (C=O) groups excluding carboxylic acids is 2. The minimum Gasteiger partial charge on any atom is -0.494 e. The Balaban J connectivity index is 1.30. The number of esters is 1. The van der Waals surface area contributed by atoms with Gasteiger partial charge in [0.2, 0.25) is 5.91 Å². The number of rotatable bonds is 10. The smallest absolute Gasteiger partial charge is 0.329 e. The molecule has 202 valence electrons. The Morgan fingerprint density at radius 2 is 1.92 bits per heavy atom. The SMILES string of the molecule is CC(C)(C)OC(=O)C(Cc1ccc(OCCCC(=O)NC2=NCCCN2)cc1)Nc1nc2ccccc2o1. The molecule has 0 spiro atoms. The summed E-state index contributed by atoms with van der Waals surface area (Å²) in [5.41, 5.74) is 1.62. The van der Waals surface area contributed by atoms with E-state index >= 15 is 0 Å². The van der Waals surface area contributed by atoms with Crippen molar-refractivity contribution < 1.29 is 23.5 Å². The van der Waals surface area contributed by atoms with Crippen molar-refractivity contribution >= 4 is 35.0 Å². The zero-order valence-corrected chi connectivity index (χ0v) is 22.1. The van der Waals surface area contributed by atoms with E-state index in [-0.39, 0.29) is 11.9 Å². The van der Waals surface area contributed by atoms with Crippen molar-refractivity contribution in [1.29, 1.82) is 0 Å². The Kier molecular flexibility index (Phi) is 8.83. The molecule has 0 saturated heterocycles. The van der Waals surface area contributed by atoms with Crippen LogP contribution in [-0.2, 0) is 20.7 Å². The van der Waals surface area contributed by atoms with Crippen LogP contribution in [0, 0.1) is 0 Å². The van der Waals surface area contributed by atoms with Gasteiger partial charge in [0, 0.05) is 25.9 Å². The highest BCUT2D eigenvalue weighted by Gasteiger charge is 2.27. The summed E-state index contributed by atoms with van der Waals surface area (Å²) >= 11 is 0. The molecule has 1 aromatic heterocycles. The number of nitrogens with one attached hydrogen (secondary N) is 3. The third-order valence-corrected chi connectivity index (χ3v) is 5.62. The summed E-state index contributed by atoms with van der Waals surface area (Å²) < 4.78 is 17.2. The van der Waals surface area contributed by atoms with Crippen molar-refractivity contribution in [2.75, 3.05) is 25.0 Å². The van der Waals surface area contributed by atoms with Gasteiger partial charge in [0.25, 0.3) is 6.01 Å². The van der Waals surface area contributed by atoms with Crippen molar-refractivity contribution in [3.8, 4) is 5.75 Å². The second kappa shape index (κ2) is 12.4. The van der Waals surface area contributed by atoms with Crippen LogP contribution in [0.15, 0.2) is 57.9 Å². The highest BCUT2D eigenvalue weighted by atomic mass is 16.6. The second-order valence-corrected chi connectivity index (χ2v) is 10.1. The monoisotopic (exact) mass is 521 g/mol. The summed E-state index contributed by atoms with van der Waals surface area (Å²) in [6, 6.07) is 14.5. The number of nitrogens with zero attached hydrogens (tertiary/aromatic N) is 2. The fourth-order valence-electron chi connectivity index (χ4n) is 3.84. The van der Waals surface area contributed by atoms with E-state index in [4.69, 9.17) is 13.9 Å². The summed E-state index contributed by atoms with van der Waals surface area (Å²) in [7, 11) is 0. The Morgan fingerprint density at radius 1 is 1.13 bits per heavy atom. The zero-order valence-electron chi connectivity index (χ0n) is 22.1. The summed E-state index contributed by atoms with van der Waals surface area (Å²) in [4.78, 5) is 33.7. The van der Waals surface area contributed by atoms with Crippen molar-refractivity contribution in [3.05, 3.63) is 54.1 Å². The van der Waals surface area contributed by atoms with E-state index in [0.717, 1.165) is 25.1 Å². The van der Waals surface area contributed by atoms with Gasteiger partial charge in [-0.15, -0.1) is 0 Å². The Bertz CT molecular complexity index is 1230. The highest BCUT2D eigenvalue weighted by molar-refractivity contribution is 5.97. The number of para-hydroxylation sites is 2. The molecule has 0 bridgehead atoms. The maximum absolute atomic E-state index is 13.0. The molecule has 1 atom stereocenters. The zero-order chi connectivity index (χ0) is 27.0. The van der Waals surface area contributed by atoms with E-state index in [1.54, 1.807) is 0 Å². The fourth-order valence-corrected chi connectivity index (χ4v) is 3.84. The van der Waals surface area contributed by atoms with Gasteiger partial charge in [-0.3, -0.25) is 15.1 Å². The van der Waals surface area contributed by atoms with Crippen LogP contribution >= 0.6 is 0 Å². The molecule has 38 heavy (non-hydrogen) atoms. The van der Waals surface area contributed by atoms with Crippen molar-refractivity contribution in [2.45, 2.75) is 58.1 Å². The average Bonchev–Trinajstić information content (AvgIpc) is 3.29. The lowest BCUT2D eigenvalue weighted by Crippen LogP contribution is -2.43. The second-order valence-electron chi connectivity index (χ2n) is 10.1. The van der Waals surface area contributed by atoms with Crippen LogP contribution in [0.5, 0.6) is 5.75 Å². The van der Waals surface area contributed by atoms with Gasteiger partial charge in [0.15, 0.2) is 11.5 Å². The third kappa shape index (κ3) is 8.22. The van der Waals surface area contributed by atoms with E-state index in [9.17, 15) is 9.59 Å². The van der Waals surface area contributed by atoms with Gasteiger partial charge in [-0.1, -0.05) is 24.3 Å². The lowest BCUT2D eigenvalue weighted by atomic mass is 10.1. The van der Waals surface area contributed by atoms with Gasteiger partial charge >= 0.3 is 5.97 Å². The van der Waals surface area contributed by atoms with E-state index < -0.39 is 17.6 Å². The summed E-state index contributed by atoms with van der Waals surface area (Å²) in [5, 5.41) is 8.95. The molecular formula is C28H35N5O5. The van der Waals surface area contributed by atoms with E-state index in [1.807, 2.05) is 69.3 Å². The van der Waals surface area contributed by atoms with Crippen LogP contribution in [0.3, 0.4) is 0 Å². The molecule has 1 aliphatic heterocycles. The number of fused-ring (bicyclic) bond motifs is 1. The largest absolute Gasteiger partial charge is 0.494 e.